The van der Waals surface area contributed by atoms with Gasteiger partial charge in [0.15, 0.2) is 11.7 Å². The number of nitrogens with zero attached hydrogens (tertiary/aromatic N) is 1. The molecule has 0 spiro atoms. The summed E-state index contributed by atoms with van der Waals surface area (Å²) in [6.07, 6.45) is 5.61. The van der Waals surface area contributed by atoms with E-state index in [2.05, 4.69) is 11.1 Å². The molecule has 0 radical (unpaired) electrons. The van der Waals surface area contributed by atoms with Crippen molar-refractivity contribution in [2.24, 2.45) is 0 Å². The zero-order valence-corrected chi connectivity index (χ0v) is 8.86. The molecule has 0 amide bonds. The van der Waals surface area contributed by atoms with Crippen molar-refractivity contribution >= 4 is 28.3 Å². The number of aromatic nitrogens is 1. The second-order valence-electron chi connectivity index (χ2n) is 2.80. The molecule has 1 unspecified atom stereocenters. The van der Waals surface area contributed by atoms with Crippen molar-refractivity contribution in [1.82, 2.24) is 4.98 Å². The molecule has 0 fully saturated rings. The van der Waals surface area contributed by atoms with E-state index < -0.39 is 0 Å². The Morgan fingerprint density at radius 2 is 2.62 bits per heavy atom. The molecule has 1 aliphatic heterocycles. The molecule has 2 heterocycles. The maximum Gasteiger partial charge on any atom is 0.194 e. The van der Waals surface area contributed by atoms with Gasteiger partial charge >= 0.3 is 0 Å². The SMILES string of the molecule is CCc1ncc(C2=CCC(Cl)S2)o1. The van der Waals surface area contributed by atoms with Crippen molar-refractivity contribution < 1.29 is 4.42 Å². The van der Waals surface area contributed by atoms with Crippen molar-refractivity contribution in [2.75, 3.05) is 0 Å². The van der Waals surface area contributed by atoms with E-state index in [1.54, 1.807) is 18.0 Å². The van der Waals surface area contributed by atoms with Gasteiger partial charge in [0.05, 0.1) is 10.9 Å². The summed E-state index contributed by atoms with van der Waals surface area (Å²) < 4.78 is 5.66. The summed E-state index contributed by atoms with van der Waals surface area (Å²) in [5.74, 6) is 1.64. The highest BCUT2D eigenvalue weighted by Crippen LogP contribution is 2.41. The summed E-state index contributed by atoms with van der Waals surface area (Å²) in [4.78, 5) is 5.26. The van der Waals surface area contributed by atoms with E-state index in [9.17, 15) is 0 Å². The molecule has 70 valence electrons. The summed E-state index contributed by atoms with van der Waals surface area (Å²) in [5, 5.41) is 0. The van der Waals surface area contributed by atoms with Gasteiger partial charge in [0.1, 0.15) is 0 Å². The molecule has 0 saturated heterocycles. The number of rotatable bonds is 2. The van der Waals surface area contributed by atoms with E-state index in [4.69, 9.17) is 16.0 Å². The number of allylic oxidation sites excluding steroid dienone is 1. The van der Waals surface area contributed by atoms with Crippen LogP contribution in [0, 0.1) is 0 Å². The Kier molecular flexibility index (Phi) is 2.65. The lowest BCUT2D eigenvalue weighted by Crippen LogP contribution is -1.79. The molecule has 1 aliphatic rings. The highest BCUT2D eigenvalue weighted by atomic mass is 35.5. The second-order valence-corrected chi connectivity index (χ2v) is 4.83. The lowest BCUT2D eigenvalue weighted by molar-refractivity contribution is 0.493. The molecule has 1 atom stereocenters. The zero-order valence-electron chi connectivity index (χ0n) is 7.29. The van der Waals surface area contributed by atoms with Crippen molar-refractivity contribution in [3.8, 4) is 0 Å². The van der Waals surface area contributed by atoms with Crippen LogP contribution in [0.1, 0.15) is 25.0 Å². The third-order valence-electron chi connectivity index (χ3n) is 1.84. The highest BCUT2D eigenvalue weighted by Gasteiger charge is 2.19. The Bertz CT molecular complexity index is 334. The monoisotopic (exact) mass is 215 g/mol. The quantitative estimate of drug-likeness (QED) is 0.709. The van der Waals surface area contributed by atoms with Crippen molar-refractivity contribution in [3.63, 3.8) is 0 Å². The summed E-state index contributed by atoms with van der Waals surface area (Å²) in [5.41, 5.74) is 0. The normalized spacial score (nSPS) is 22.0. The van der Waals surface area contributed by atoms with E-state index >= 15 is 0 Å². The minimum atomic E-state index is 0.158. The maximum atomic E-state index is 5.95. The van der Waals surface area contributed by atoms with Crippen LogP contribution in [0.2, 0.25) is 0 Å². The van der Waals surface area contributed by atoms with Crippen molar-refractivity contribution in [3.05, 3.63) is 23.9 Å². The van der Waals surface area contributed by atoms with E-state index in [1.807, 2.05) is 6.92 Å². The summed E-state index contributed by atoms with van der Waals surface area (Å²) in [6, 6.07) is 0. The Hall–Kier alpha value is -0.410. The van der Waals surface area contributed by atoms with Crippen molar-refractivity contribution in [1.29, 1.82) is 0 Å². The van der Waals surface area contributed by atoms with Crippen LogP contribution in [0.3, 0.4) is 0 Å². The average molecular weight is 216 g/mol. The van der Waals surface area contributed by atoms with Crippen LogP contribution in [0.4, 0.5) is 0 Å². The first-order valence-corrected chi connectivity index (χ1v) is 5.57. The average Bonchev–Trinajstić information content (AvgIpc) is 2.71. The number of aryl methyl sites for hydroxylation is 1. The Morgan fingerprint density at radius 1 is 1.77 bits per heavy atom. The van der Waals surface area contributed by atoms with Gasteiger partial charge in [-0.2, -0.15) is 0 Å². The molecule has 4 heteroatoms. The Labute approximate surface area is 86.4 Å². The third kappa shape index (κ3) is 1.92. The minimum Gasteiger partial charge on any atom is -0.440 e. The van der Waals surface area contributed by atoms with Gasteiger partial charge in [0, 0.05) is 11.3 Å². The van der Waals surface area contributed by atoms with Gasteiger partial charge in [0.2, 0.25) is 0 Å². The molecular weight excluding hydrogens is 206 g/mol. The maximum absolute atomic E-state index is 5.95. The van der Waals surface area contributed by atoms with Gasteiger partial charge in [0.25, 0.3) is 0 Å². The standard InChI is InChI=1S/C9H10ClNOS/c1-2-9-11-5-6(12-9)7-3-4-8(10)13-7/h3,5,8H,2,4H2,1H3. The molecule has 2 rings (SSSR count). The fourth-order valence-electron chi connectivity index (χ4n) is 1.18. The van der Waals surface area contributed by atoms with Crippen LogP contribution in [-0.4, -0.2) is 9.69 Å². The Morgan fingerprint density at radius 3 is 3.15 bits per heavy atom. The first-order chi connectivity index (χ1) is 6.29. The second kappa shape index (κ2) is 3.76. The lowest BCUT2D eigenvalue weighted by atomic mass is 10.4. The van der Waals surface area contributed by atoms with E-state index in [-0.39, 0.29) is 4.71 Å². The van der Waals surface area contributed by atoms with E-state index in [0.717, 1.165) is 29.4 Å². The summed E-state index contributed by atoms with van der Waals surface area (Å²) in [6.45, 7) is 2.02. The van der Waals surface area contributed by atoms with Gasteiger partial charge < -0.3 is 4.42 Å². The lowest BCUT2D eigenvalue weighted by Gasteiger charge is -1.97. The van der Waals surface area contributed by atoms with Gasteiger partial charge in [-0.15, -0.1) is 23.4 Å². The predicted octanol–water partition coefficient (Wildman–Crippen LogP) is 3.28. The third-order valence-corrected chi connectivity index (χ3v) is 3.36. The van der Waals surface area contributed by atoms with Gasteiger partial charge in [-0.1, -0.05) is 13.0 Å². The first-order valence-electron chi connectivity index (χ1n) is 4.25. The topological polar surface area (TPSA) is 26.0 Å². The minimum absolute atomic E-state index is 0.158. The number of hydrogen-bond donors (Lipinski definition) is 0. The van der Waals surface area contributed by atoms with Crippen LogP contribution < -0.4 is 0 Å². The van der Waals surface area contributed by atoms with E-state index in [0.29, 0.717) is 0 Å². The van der Waals surface area contributed by atoms with Gasteiger partial charge in [-0.05, 0) is 6.42 Å². The molecule has 0 aliphatic carbocycles. The molecular formula is C9H10ClNOS. The van der Waals surface area contributed by atoms with Crippen LogP contribution in [0.25, 0.3) is 4.91 Å². The highest BCUT2D eigenvalue weighted by molar-refractivity contribution is 8.10. The fourth-order valence-corrected chi connectivity index (χ4v) is 2.43. The van der Waals surface area contributed by atoms with E-state index in [1.165, 1.54) is 0 Å². The van der Waals surface area contributed by atoms with Crippen LogP contribution in [0.5, 0.6) is 0 Å². The number of oxazole rings is 1. The zero-order chi connectivity index (χ0) is 9.26. The summed E-state index contributed by atoms with van der Waals surface area (Å²) in [7, 11) is 0. The molecule has 1 aromatic heterocycles. The number of alkyl halides is 1. The molecule has 0 N–H and O–H groups in total. The molecule has 0 bridgehead atoms. The Balaban J connectivity index is 2.17. The molecule has 1 aromatic rings. The van der Waals surface area contributed by atoms with Gasteiger partial charge in [-0.25, -0.2) is 4.98 Å². The van der Waals surface area contributed by atoms with Crippen LogP contribution in [0.15, 0.2) is 16.7 Å². The van der Waals surface area contributed by atoms with Gasteiger partial charge in [-0.3, -0.25) is 0 Å². The largest absolute Gasteiger partial charge is 0.440 e. The molecule has 0 saturated carbocycles. The smallest absolute Gasteiger partial charge is 0.194 e. The number of hydrogen-bond acceptors (Lipinski definition) is 3. The number of thioether (sulfide) groups is 1. The van der Waals surface area contributed by atoms with Crippen LogP contribution in [-0.2, 0) is 6.42 Å². The first kappa shape index (κ1) is 9.16. The predicted molar refractivity (Wildman–Crippen MR) is 55.7 cm³/mol. The molecule has 13 heavy (non-hydrogen) atoms. The molecule has 2 nitrogen and oxygen atoms in total. The molecule has 0 aromatic carbocycles. The van der Waals surface area contributed by atoms with Crippen LogP contribution >= 0.6 is 23.4 Å². The fraction of sp³-hybridized carbons (Fsp3) is 0.444. The van der Waals surface area contributed by atoms with Crippen molar-refractivity contribution in [2.45, 2.75) is 24.5 Å². The number of halogens is 1. The summed E-state index contributed by atoms with van der Waals surface area (Å²) >= 11 is 7.58.